The molecule has 1 radical (unpaired) electrons. The summed E-state index contributed by atoms with van der Waals surface area (Å²) < 4.78 is 0. The van der Waals surface area contributed by atoms with Gasteiger partial charge in [-0.25, -0.2) is 0 Å². The van der Waals surface area contributed by atoms with Gasteiger partial charge in [-0.1, -0.05) is 116 Å². The average molecular weight is 397 g/mol. The lowest BCUT2D eigenvalue weighted by Crippen LogP contribution is -2.13. The Hall–Kier alpha value is 0.960. The van der Waals surface area contributed by atoms with E-state index in [0.29, 0.717) is 9.65 Å². The van der Waals surface area contributed by atoms with Gasteiger partial charge in [0, 0.05) is 9.65 Å². The van der Waals surface area contributed by atoms with Crippen LogP contribution in [0.15, 0.2) is 0 Å². The predicted octanol–water partition coefficient (Wildman–Crippen LogP) is 7.44. The standard InChI is InChI=1S/C17H33Br2/c1-3-5-7-9-11-13-15-17(19)16(18)14-12-10-8-6-4-2/h16-17H,2-15H2,1H3. The Kier molecular flexibility index (Phi) is 16.1. The molecule has 0 spiro atoms. The van der Waals surface area contributed by atoms with E-state index in [1.165, 1.54) is 77.0 Å². The van der Waals surface area contributed by atoms with E-state index in [2.05, 4.69) is 45.7 Å². The first-order valence-corrected chi connectivity index (χ1v) is 10.1. The molecule has 0 bridgehead atoms. The molecule has 0 aliphatic heterocycles. The minimum atomic E-state index is 0.655. The van der Waals surface area contributed by atoms with Crippen LogP contribution < -0.4 is 0 Å². The van der Waals surface area contributed by atoms with Gasteiger partial charge in [0.25, 0.3) is 0 Å². The van der Waals surface area contributed by atoms with E-state index >= 15 is 0 Å². The molecule has 0 nitrogen and oxygen atoms in total. The van der Waals surface area contributed by atoms with Gasteiger partial charge in [0.15, 0.2) is 0 Å². The number of rotatable bonds is 14. The van der Waals surface area contributed by atoms with Crippen LogP contribution in [-0.2, 0) is 0 Å². The molecule has 0 aromatic rings. The molecule has 0 N–H and O–H groups in total. The highest BCUT2D eigenvalue weighted by Gasteiger charge is 2.14. The lowest BCUT2D eigenvalue weighted by atomic mass is 10.0. The van der Waals surface area contributed by atoms with Gasteiger partial charge < -0.3 is 0 Å². The van der Waals surface area contributed by atoms with Crippen molar-refractivity contribution in [3.63, 3.8) is 0 Å². The molecule has 0 aromatic heterocycles. The van der Waals surface area contributed by atoms with Crippen LogP contribution in [-0.4, -0.2) is 9.65 Å². The molecule has 0 fully saturated rings. The van der Waals surface area contributed by atoms with Crippen LogP contribution in [0.4, 0.5) is 0 Å². The van der Waals surface area contributed by atoms with Crippen LogP contribution in [0, 0.1) is 6.92 Å². The number of halogens is 2. The van der Waals surface area contributed by atoms with Gasteiger partial charge in [0.1, 0.15) is 0 Å². The Bertz CT molecular complexity index is 171. The second-order valence-electron chi connectivity index (χ2n) is 5.64. The Labute approximate surface area is 138 Å². The zero-order chi connectivity index (χ0) is 14.3. The maximum Gasteiger partial charge on any atom is 0.0271 e. The van der Waals surface area contributed by atoms with Crippen molar-refractivity contribution in [2.75, 3.05) is 0 Å². The van der Waals surface area contributed by atoms with Crippen molar-refractivity contribution < 1.29 is 0 Å². The maximum absolute atomic E-state index is 3.89. The van der Waals surface area contributed by atoms with Crippen LogP contribution in [0.5, 0.6) is 0 Å². The van der Waals surface area contributed by atoms with Crippen molar-refractivity contribution in [2.45, 2.75) is 100 Å². The molecule has 2 unspecified atom stereocenters. The van der Waals surface area contributed by atoms with Gasteiger partial charge in [-0.3, -0.25) is 0 Å². The van der Waals surface area contributed by atoms with E-state index in [9.17, 15) is 0 Å². The molecule has 0 amide bonds. The van der Waals surface area contributed by atoms with E-state index in [1.54, 1.807) is 0 Å². The predicted molar refractivity (Wildman–Crippen MR) is 96.5 cm³/mol. The molecule has 0 heterocycles. The number of unbranched alkanes of at least 4 members (excludes halogenated alkanes) is 9. The summed E-state index contributed by atoms with van der Waals surface area (Å²) in [6, 6.07) is 0. The number of hydrogen-bond donors (Lipinski definition) is 0. The van der Waals surface area contributed by atoms with Crippen molar-refractivity contribution in [3.05, 3.63) is 6.92 Å². The summed E-state index contributed by atoms with van der Waals surface area (Å²) in [5.74, 6) is 0. The first-order chi connectivity index (χ1) is 9.22. The van der Waals surface area contributed by atoms with Gasteiger partial charge in [0.2, 0.25) is 0 Å². The maximum atomic E-state index is 3.89. The molecular weight excluding hydrogens is 364 g/mol. The average Bonchev–Trinajstić information content (AvgIpc) is 2.42. The molecule has 0 aromatic carbocycles. The quantitative estimate of drug-likeness (QED) is 0.211. The molecule has 0 saturated heterocycles. The van der Waals surface area contributed by atoms with E-state index < -0.39 is 0 Å². The minimum absolute atomic E-state index is 0.655. The third kappa shape index (κ3) is 13.7. The summed E-state index contributed by atoms with van der Waals surface area (Å²) in [6.45, 7) is 6.17. The fraction of sp³-hybridized carbons (Fsp3) is 0.941. The zero-order valence-corrected chi connectivity index (χ0v) is 16.0. The first-order valence-electron chi connectivity index (χ1n) is 8.29. The van der Waals surface area contributed by atoms with E-state index in [4.69, 9.17) is 0 Å². The highest BCUT2D eigenvalue weighted by molar-refractivity contribution is 9.12. The Balaban J connectivity index is 3.35. The third-order valence-electron chi connectivity index (χ3n) is 3.71. The van der Waals surface area contributed by atoms with E-state index in [1.807, 2.05) is 0 Å². The van der Waals surface area contributed by atoms with Crippen LogP contribution in [0.2, 0.25) is 0 Å². The summed E-state index contributed by atoms with van der Waals surface area (Å²) in [5.41, 5.74) is 0. The van der Waals surface area contributed by atoms with Gasteiger partial charge in [-0.2, -0.15) is 0 Å². The van der Waals surface area contributed by atoms with Gasteiger partial charge in [-0.05, 0) is 12.8 Å². The fourth-order valence-electron chi connectivity index (χ4n) is 2.35. The highest BCUT2D eigenvalue weighted by atomic mass is 79.9. The molecule has 2 heteroatoms. The molecular formula is C17H33Br2. The molecule has 0 rings (SSSR count). The van der Waals surface area contributed by atoms with Crippen LogP contribution in [0.3, 0.4) is 0 Å². The molecule has 115 valence electrons. The van der Waals surface area contributed by atoms with Gasteiger partial charge in [0.05, 0.1) is 0 Å². The monoisotopic (exact) mass is 395 g/mol. The Morgan fingerprint density at radius 2 is 1.11 bits per heavy atom. The second kappa shape index (κ2) is 15.4. The smallest absolute Gasteiger partial charge is 0.0271 e. The first kappa shape index (κ1) is 20.0. The van der Waals surface area contributed by atoms with Crippen molar-refractivity contribution in [1.82, 2.24) is 0 Å². The molecule has 19 heavy (non-hydrogen) atoms. The van der Waals surface area contributed by atoms with Crippen LogP contribution in [0.25, 0.3) is 0 Å². The molecule has 0 aliphatic rings. The summed E-state index contributed by atoms with van der Waals surface area (Å²) in [4.78, 5) is 1.31. The minimum Gasteiger partial charge on any atom is -0.0879 e. The summed E-state index contributed by atoms with van der Waals surface area (Å²) >= 11 is 7.70. The van der Waals surface area contributed by atoms with Gasteiger partial charge in [-0.15, -0.1) is 0 Å². The van der Waals surface area contributed by atoms with Crippen molar-refractivity contribution in [2.24, 2.45) is 0 Å². The van der Waals surface area contributed by atoms with Crippen LogP contribution in [0.1, 0.15) is 90.4 Å². The lowest BCUT2D eigenvalue weighted by molar-refractivity contribution is 0.557. The number of alkyl halides is 2. The Morgan fingerprint density at radius 1 is 0.684 bits per heavy atom. The number of hydrogen-bond acceptors (Lipinski definition) is 0. The largest absolute Gasteiger partial charge is 0.0879 e. The zero-order valence-electron chi connectivity index (χ0n) is 12.8. The van der Waals surface area contributed by atoms with E-state index in [-0.39, 0.29) is 0 Å². The third-order valence-corrected chi connectivity index (χ3v) is 6.61. The molecule has 2 atom stereocenters. The highest BCUT2D eigenvalue weighted by Crippen LogP contribution is 2.25. The van der Waals surface area contributed by atoms with E-state index in [0.717, 1.165) is 6.42 Å². The SMILES string of the molecule is [CH2]CCCCCCC(Br)C(Br)CCCCCCCC. The topological polar surface area (TPSA) is 0 Å². The van der Waals surface area contributed by atoms with Crippen LogP contribution >= 0.6 is 31.9 Å². The summed E-state index contributed by atoms with van der Waals surface area (Å²) in [6.07, 6.45) is 17.5. The second-order valence-corrected chi connectivity index (χ2v) is 8.00. The normalized spacial score (nSPS) is 14.5. The van der Waals surface area contributed by atoms with Crippen molar-refractivity contribution in [3.8, 4) is 0 Å². The molecule has 0 saturated carbocycles. The van der Waals surface area contributed by atoms with Crippen molar-refractivity contribution >= 4 is 31.9 Å². The van der Waals surface area contributed by atoms with Gasteiger partial charge >= 0.3 is 0 Å². The lowest BCUT2D eigenvalue weighted by Gasteiger charge is -2.16. The Morgan fingerprint density at radius 3 is 1.58 bits per heavy atom. The molecule has 0 aliphatic carbocycles. The fourth-order valence-corrected chi connectivity index (χ4v) is 3.53. The summed E-state index contributed by atoms with van der Waals surface area (Å²) in [5, 5.41) is 0. The van der Waals surface area contributed by atoms with Crippen molar-refractivity contribution in [1.29, 1.82) is 0 Å². The summed E-state index contributed by atoms with van der Waals surface area (Å²) in [7, 11) is 0.